The number of hydrogen-bond donors (Lipinski definition) is 1. The summed E-state index contributed by atoms with van der Waals surface area (Å²) in [6.07, 6.45) is 8.41. The largest absolute Gasteiger partial charge is 0.473 e. The van der Waals surface area contributed by atoms with Crippen LogP contribution >= 0.6 is 0 Å². The summed E-state index contributed by atoms with van der Waals surface area (Å²) in [6.45, 7) is 0. The van der Waals surface area contributed by atoms with Gasteiger partial charge in [-0.15, -0.1) is 0 Å². The SMILES string of the molecule is NC1CCC(Oc2nccn3nccc23)C1. The molecule has 0 radical (unpaired) electrons. The summed E-state index contributed by atoms with van der Waals surface area (Å²) in [5.74, 6) is 0.652. The van der Waals surface area contributed by atoms with Crippen LogP contribution in [0, 0.1) is 0 Å². The van der Waals surface area contributed by atoms with Gasteiger partial charge in [0.1, 0.15) is 11.6 Å². The average Bonchev–Trinajstić information content (AvgIpc) is 2.87. The number of ether oxygens (including phenoxy) is 1. The summed E-state index contributed by atoms with van der Waals surface area (Å²) in [6, 6.07) is 2.17. The molecular formula is C11H14N4O. The van der Waals surface area contributed by atoms with E-state index >= 15 is 0 Å². The zero-order chi connectivity index (χ0) is 11.0. The van der Waals surface area contributed by atoms with Gasteiger partial charge in [-0.3, -0.25) is 0 Å². The first-order chi connectivity index (χ1) is 7.83. The van der Waals surface area contributed by atoms with Crippen molar-refractivity contribution in [3.63, 3.8) is 0 Å². The molecule has 2 aromatic heterocycles. The topological polar surface area (TPSA) is 65.4 Å². The third-order valence-electron chi connectivity index (χ3n) is 2.99. The number of nitrogens with two attached hydrogens (primary N) is 1. The molecule has 84 valence electrons. The molecule has 0 bridgehead atoms. The van der Waals surface area contributed by atoms with Crippen molar-refractivity contribution < 1.29 is 4.74 Å². The summed E-state index contributed by atoms with van der Waals surface area (Å²) in [4.78, 5) is 4.24. The van der Waals surface area contributed by atoms with Crippen molar-refractivity contribution in [2.75, 3.05) is 0 Å². The van der Waals surface area contributed by atoms with Crippen LogP contribution in [-0.4, -0.2) is 26.7 Å². The molecule has 0 aliphatic heterocycles. The molecule has 1 aliphatic rings. The maximum Gasteiger partial charge on any atom is 0.240 e. The van der Waals surface area contributed by atoms with E-state index < -0.39 is 0 Å². The second kappa shape index (κ2) is 3.75. The highest BCUT2D eigenvalue weighted by molar-refractivity contribution is 5.54. The van der Waals surface area contributed by atoms with Gasteiger partial charge in [-0.2, -0.15) is 5.10 Å². The molecule has 0 aromatic carbocycles. The van der Waals surface area contributed by atoms with Gasteiger partial charge in [-0.05, 0) is 25.3 Å². The molecule has 2 atom stereocenters. The summed E-state index contributed by atoms with van der Waals surface area (Å²) in [5, 5.41) is 4.14. The van der Waals surface area contributed by atoms with Gasteiger partial charge in [0.15, 0.2) is 0 Å². The van der Waals surface area contributed by atoms with E-state index in [1.807, 2.05) is 12.3 Å². The lowest BCUT2D eigenvalue weighted by atomic mass is 10.3. The highest BCUT2D eigenvalue weighted by Crippen LogP contribution is 2.24. The molecule has 2 heterocycles. The Bertz CT molecular complexity index is 495. The van der Waals surface area contributed by atoms with Gasteiger partial charge >= 0.3 is 0 Å². The number of rotatable bonds is 2. The maximum atomic E-state index is 5.87. The first-order valence-corrected chi connectivity index (χ1v) is 5.53. The Morgan fingerprint density at radius 1 is 1.38 bits per heavy atom. The Balaban J connectivity index is 1.86. The number of fused-ring (bicyclic) bond motifs is 1. The molecule has 3 rings (SSSR count). The van der Waals surface area contributed by atoms with Crippen LogP contribution in [0.2, 0.25) is 0 Å². The quantitative estimate of drug-likeness (QED) is 0.816. The standard InChI is InChI=1S/C11H14N4O/c12-8-1-2-9(7-8)16-11-10-3-4-14-15(10)6-5-13-11/h3-6,8-9H,1-2,7,12H2. The molecule has 5 heteroatoms. The van der Waals surface area contributed by atoms with Gasteiger partial charge in [0.2, 0.25) is 5.88 Å². The zero-order valence-corrected chi connectivity index (χ0v) is 8.91. The van der Waals surface area contributed by atoms with Crippen molar-refractivity contribution >= 4 is 5.52 Å². The Labute approximate surface area is 93.2 Å². The van der Waals surface area contributed by atoms with Crippen molar-refractivity contribution in [2.45, 2.75) is 31.4 Å². The van der Waals surface area contributed by atoms with E-state index in [4.69, 9.17) is 10.5 Å². The Kier molecular flexibility index (Phi) is 2.25. The van der Waals surface area contributed by atoms with Crippen LogP contribution in [0.4, 0.5) is 0 Å². The molecular weight excluding hydrogens is 204 g/mol. The number of aromatic nitrogens is 3. The lowest BCUT2D eigenvalue weighted by molar-refractivity contribution is 0.201. The van der Waals surface area contributed by atoms with Gasteiger partial charge < -0.3 is 10.5 Å². The minimum absolute atomic E-state index is 0.198. The van der Waals surface area contributed by atoms with Crippen LogP contribution in [0.3, 0.4) is 0 Å². The minimum atomic E-state index is 0.198. The normalized spacial score (nSPS) is 25.1. The monoisotopic (exact) mass is 218 g/mol. The lowest BCUT2D eigenvalue weighted by Gasteiger charge is -2.12. The van der Waals surface area contributed by atoms with E-state index in [2.05, 4.69) is 10.1 Å². The first kappa shape index (κ1) is 9.59. The van der Waals surface area contributed by atoms with Gasteiger partial charge in [-0.1, -0.05) is 0 Å². The highest BCUT2D eigenvalue weighted by Gasteiger charge is 2.24. The van der Waals surface area contributed by atoms with Crippen LogP contribution in [-0.2, 0) is 0 Å². The third kappa shape index (κ3) is 1.63. The molecule has 0 spiro atoms. The van der Waals surface area contributed by atoms with E-state index in [1.54, 1.807) is 16.9 Å². The van der Waals surface area contributed by atoms with Crippen molar-refractivity contribution in [2.24, 2.45) is 5.73 Å². The molecule has 1 fully saturated rings. The lowest BCUT2D eigenvalue weighted by Crippen LogP contribution is -2.19. The second-order valence-corrected chi connectivity index (χ2v) is 4.21. The minimum Gasteiger partial charge on any atom is -0.473 e. The van der Waals surface area contributed by atoms with Crippen LogP contribution < -0.4 is 10.5 Å². The van der Waals surface area contributed by atoms with Gasteiger partial charge in [-0.25, -0.2) is 9.50 Å². The Morgan fingerprint density at radius 3 is 3.12 bits per heavy atom. The van der Waals surface area contributed by atoms with E-state index in [1.165, 1.54) is 0 Å². The van der Waals surface area contributed by atoms with Crippen molar-refractivity contribution in [1.82, 2.24) is 14.6 Å². The first-order valence-electron chi connectivity index (χ1n) is 5.53. The summed E-state index contributed by atoms with van der Waals surface area (Å²) in [7, 11) is 0. The number of hydrogen-bond acceptors (Lipinski definition) is 4. The fourth-order valence-corrected chi connectivity index (χ4v) is 2.16. The Morgan fingerprint density at radius 2 is 2.31 bits per heavy atom. The molecule has 16 heavy (non-hydrogen) atoms. The van der Waals surface area contributed by atoms with Crippen molar-refractivity contribution in [3.8, 4) is 5.88 Å². The molecule has 1 saturated carbocycles. The molecule has 2 unspecified atom stereocenters. The van der Waals surface area contributed by atoms with Gasteiger partial charge in [0.05, 0.1) is 6.20 Å². The summed E-state index contributed by atoms with van der Waals surface area (Å²) < 4.78 is 7.63. The van der Waals surface area contributed by atoms with Gasteiger partial charge in [0.25, 0.3) is 0 Å². The molecule has 1 aliphatic carbocycles. The maximum absolute atomic E-state index is 5.87. The molecule has 2 aromatic rings. The Hall–Kier alpha value is -1.62. The summed E-state index contributed by atoms with van der Waals surface area (Å²) >= 11 is 0. The molecule has 2 N–H and O–H groups in total. The fraction of sp³-hybridized carbons (Fsp3) is 0.455. The van der Waals surface area contributed by atoms with Gasteiger partial charge in [0, 0.05) is 18.4 Å². The van der Waals surface area contributed by atoms with E-state index in [0.29, 0.717) is 5.88 Å². The predicted molar refractivity (Wildman–Crippen MR) is 59.2 cm³/mol. The van der Waals surface area contributed by atoms with Crippen LogP contribution in [0.15, 0.2) is 24.7 Å². The van der Waals surface area contributed by atoms with Crippen LogP contribution in [0.1, 0.15) is 19.3 Å². The van der Waals surface area contributed by atoms with Crippen LogP contribution in [0.5, 0.6) is 5.88 Å². The van der Waals surface area contributed by atoms with E-state index in [-0.39, 0.29) is 12.1 Å². The second-order valence-electron chi connectivity index (χ2n) is 4.21. The van der Waals surface area contributed by atoms with Crippen molar-refractivity contribution in [1.29, 1.82) is 0 Å². The fourth-order valence-electron chi connectivity index (χ4n) is 2.16. The third-order valence-corrected chi connectivity index (χ3v) is 2.99. The smallest absolute Gasteiger partial charge is 0.240 e. The number of nitrogens with zero attached hydrogens (tertiary/aromatic N) is 3. The van der Waals surface area contributed by atoms with Crippen LogP contribution in [0.25, 0.3) is 5.52 Å². The van der Waals surface area contributed by atoms with E-state index in [0.717, 1.165) is 24.8 Å². The van der Waals surface area contributed by atoms with Crippen molar-refractivity contribution in [3.05, 3.63) is 24.7 Å². The zero-order valence-electron chi connectivity index (χ0n) is 8.91. The summed E-state index contributed by atoms with van der Waals surface area (Å²) in [5.41, 5.74) is 6.76. The molecule has 0 saturated heterocycles. The molecule has 5 nitrogen and oxygen atoms in total. The average molecular weight is 218 g/mol. The highest BCUT2D eigenvalue weighted by atomic mass is 16.5. The molecule has 0 amide bonds. The van der Waals surface area contributed by atoms with E-state index in [9.17, 15) is 0 Å². The predicted octanol–water partition coefficient (Wildman–Crippen LogP) is 0.988.